The summed E-state index contributed by atoms with van der Waals surface area (Å²) >= 11 is 5.96. The zero-order valence-corrected chi connectivity index (χ0v) is 15.1. The SMILES string of the molecule is Cc1ccc(NC(=O)N2C3CC(C)C[C@H]2C3)cc1-c1cncc(Cl)n1. The molecule has 2 saturated heterocycles. The quantitative estimate of drug-likeness (QED) is 0.861. The lowest BCUT2D eigenvalue weighted by Crippen LogP contribution is -2.63. The van der Waals surface area contributed by atoms with Crippen molar-refractivity contribution in [2.45, 2.75) is 45.2 Å². The molecule has 3 atom stereocenters. The van der Waals surface area contributed by atoms with Crippen LogP contribution in [0.3, 0.4) is 0 Å². The Morgan fingerprint density at radius 1 is 1.24 bits per heavy atom. The van der Waals surface area contributed by atoms with Crippen LogP contribution in [0.2, 0.25) is 5.15 Å². The minimum atomic E-state index is 0.000122. The maximum atomic E-state index is 12.7. The molecule has 2 fully saturated rings. The second kappa shape index (κ2) is 6.30. The fraction of sp³-hybridized carbons (Fsp3) is 0.421. The van der Waals surface area contributed by atoms with Crippen LogP contribution in [-0.4, -0.2) is 33.0 Å². The highest BCUT2D eigenvalue weighted by atomic mass is 35.5. The summed E-state index contributed by atoms with van der Waals surface area (Å²) in [7, 11) is 0. The number of aryl methyl sites for hydroxylation is 1. The number of aromatic nitrogens is 2. The van der Waals surface area contributed by atoms with Crippen LogP contribution in [0.5, 0.6) is 0 Å². The summed E-state index contributed by atoms with van der Waals surface area (Å²) in [6.45, 7) is 4.28. The number of nitrogens with zero attached hydrogens (tertiary/aromatic N) is 3. The molecule has 2 unspecified atom stereocenters. The van der Waals surface area contributed by atoms with E-state index < -0.39 is 0 Å². The summed E-state index contributed by atoms with van der Waals surface area (Å²) in [6, 6.07) is 6.64. The molecule has 0 spiro atoms. The van der Waals surface area contributed by atoms with Gasteiger partial charge in [0.05, 0.1) is 18.1 Å². The number of halogens is 1. The molecular formula is C19H21ClN4O. The summed E-state index contributed by atoms with van der Waals surface area (Å²) in [4.78, 5) is 23.1. The highest BCUT2D eigenvalue weighted by molar-refractivity contribution is 6.29. The Labute approximate surface area is 152 Å². The van der Waals surface area contributed by atoms with Crippen LogP contribution < -0.4 is 5.32 Å². The van der Waals surface area contributed by atoms with Gasteiger partial charge in [-0.2, -0.15) is 0 Å². The molecule has 2 aliphatic heterocycles. The van der Waals surface area contributed by atoms with Crippen LogP contribution in [-0.2, 0) is 0 Å². The number of anilines is 1. The number of urea groups is 1. The van der Waals surface area contributed by atoms with Gasteiger partial charge in [0.1, 0.15) is 5.15 Å². The Kier molecular flexibility index (Phi) is 4.12. The maximum absolute atomic E-state index is 12.7. The number of hydrogen-bond donors (Lipinski definition) is 1. The van der Waals surface area contributed by atoms with E-state index in [1.165, 1.54) is 6.20 Å². The van der Waals surface area contributed by atoms with Gasteiger partial charge in [0.25, 0.3) is 0 Å². The predicted octanol–water partition coefficient (Wildman–Crippen LogP) is 4.51. The first-order valence-corrected chi connectivity index (χ1v) is 9.07. The first-order chi connectivity index (χ1) is 12.0. The molecule has 25 heavy (non-hydrogen) atoms. The lowest BCUT2D eigenvalue weighted by atomic mass is 9.74. The molecule has 4 rings (SSSR count). The van der Waals surface area contributed by atoms with Crippen molar-refractivity contribution in [3.63, 3.8) is 0 Å². The first kappa shape index (κ1) is 16.3. The molecule has 0 radical (unpaired) electrons. The van der Waals surface area contributed by atoms with Gasteiger partial charge in [-0.25, -0.2) is 9.78 Å². The predicted molar refractivity (Wildman–Crippen MR) is 98.7 cm³/mol. The van der Waals surface area contributed by atoms with Gasteiger partial charge in [0.15, 0.2) is 0 Å². The average Bonchev–Trinajstić information content (AvgIpc) is 2.56. The number of fused-ring (bicyclic) bond motifs is 2. The smallest absolute Gasteiger partial charge is 0.318 e. The maximum Gasteiger partial charge on any atom is 0.322 e. The van der Waals surface area contributed by atoms with Gasteiger partial charge < -0.3 is 10.2 Å². The lowest BCUT2D eigenvalue weighted by molar-refractivity contribution is -0.00600. The van der Waals surface area contributed by atoms with Crippen molar-refractivity contribution in [2.24, 2.45) is 5.92 Å². The second-order valence-electron chi connectivity index (χ2n) is 7.21. The molecule has 2 amide bonds. The van der Waals surface area contributed by atoms with Gasteiger partial charge in [0.2, 0.25) is 0 Å². The third-order valence-electron chi connectivity index (χ3n) is 5.28. The third kappa shape index (κ3) is 3.09. The summed E-state index contributed by atoms with van der Waals surface area (Å²) in [5.41, 5.74) is 3.45. The Balaban J connectivity index is 1.54. The standard InChI is InChI=1S/C19H21ClN4O/c1-11-5-14-8-15(6-11)24(14)19(25)22-13-4-3-12(2)16(7-13)17-9-21-10-18(20)23-17/h3-4,7,9-11,14-15H,5-6,8H2,1-2H3,(H,22,25)/t11?,14-,15?/m0/s1. The molecule has 0 saturated carbocycles. The summed E-state index contributed by atoms with van der Waals surface area (Å²) < 4.78 is 0. The Morgan fingerprint density at radius 3 is 2.72 bits per heavy atom. The first-order valence-electron chi connectivity index (χ1n) is 8.69. The van der Waals surface area contributed by atoms with E-state index in [1.807, 2.05) is 30.0 Å². The number of carbonyl (C=O) groups excluding carboxylic acids is 1. The van der Waals surface area contributed by atoms with Crippen molar-refractivity contribution in [2.75, 3.05) is 5.32 Å². The molecule has 2 aromatic rings. The van der Waals surface area contributed by atoms with E-state index in [0.717, 1.165) is 42.0 Å². The third-order valence-corrected chi connectivity index (χ3v) is 5.47. The van der Waals surface area contributed by atoms with Crippen molar-refractivity contribution >= 4 is 23.3 Å². The van der Waals surface area contributed by atoms with E-state index in [0.29, 0.717) is 22.9 Å². The van der Waals surface area contributed by atoms with Gasteiger partial charge in [-0.3, -0.25) is 4.98 Å². The molecule has 5 nitrogen and oxygen atoms in total. The summed E-state index contributed by atoms with van der Waals surface area (Å²) in [6.07, 6.45) is 6.56. The number of nitrogens with one attached hydrogen (secondary N) is 1. The van der Waals surface area contributed by atoms with Gasteiger partial charge in [-0.15, -0.1) is 0 Å². The van der Waals surface area contributed by atoms with Gasteiger partial charge >= 0.3 is 6.03 Å². The number of benzene rings is 1. The monoisotopic (exact) mass is 356 g/mol. The van der Waals surface area contributed by atoms with Crippen LogP contribution in [0, 0.1) is 12.8 Å². The van der Waals surface area contributed by atoms with Crippen LogP contribution >= 0.6 is 11.6 Å². The molecule has 1 aromatic heterocycles. The number of rotatable bonds is 2. The van der Waals surface area contributed by atoms with Gasteiger partial charge in [-0.1, -0.05) is 24.6 Å². The van der Waals surface area contributed by atoms with Crippen LogP contribution in [0.15, 0.2) is 30.6 Å². The summed E-state index contributed by atoms with van der Waals surface area (Å²) in [5.74, 6) is 0.722. The highest BCUT2D eigenvalue weighted by Crippen LogP contribution is 2.41. The van der Waals surface area contributed by atoms with Gasteiger partial charge in [0, 0.05) is 23.3 Å². The van der Waals surface area contributed by atoms with E-state index in [-0.39, 0.29) is 6.03 Å². The normalized spacial score (nSPS) is 24.6. The lowest BCUT2D eigenvalue weighted by Gasteiger charge is -2.54. The minimum absolute atomic E-state index is 0.000122. The zero-order valence-electron chi connectivity index (χ0n) is 14.4. The molecule has 0 aliphatic carbocycles. The molecule has 130 valence electrons. The fourth-order valence-corrected chi connectivity index (χ4v) is 4.26. The second-order valence-corrected chi connectivity index (χ2v) is 7.60. The molecule has 1 N–H and O–H groups in total. The number of carbonyl (C=O) groups is 1. The number of amides is 2. The van der Waals surface area contributed by atoms with Crippen molar-refractivity contribution in [1.82, 2.24) is 14.9 Å². The van der Waals surface area contributed by atoms with E-state index in [1.54, 1.807) is 6.20 Å². The fourth-order valence-electron chi connectivity index (χ4n) is 4.11. The number of hydrogen-bond acceptors (Lipinski definition) is 3. The van der Waals surface area contributed by atoms with Crippen molar-refractivity contribution in [3.05, 3.63) is 41.3 Å². The topological polar surface area (TPSA) is 58.1 Å². The minimum Gasteiger partial charge on any atom is -0.318 e. The Bertz CT molecular complexity index is 813. The van der Waals surface area contributed by atoms with Crippen molar-refractivity contribution in [3.8, 4) is 11.3 Å². The molecule has 6 heteroatoms. The zero-order chi connectivity index (χ0) is 17.6. The Morgan fingerprint density at radius 2 is 2.00 bits per heavy atom. The summed E-state index contributed by atoms with van der Waals surface area (Å²) in [5, 5.41) is 3.40. The molecule has 2 aliphatic rings. The molecule has 1 aromatic carbocycles. The van der Waals surface area contributed by atoms with Crippen LogP contribution in [0.4, 0.5) is 10.5 Å². The van der Waals surface area contributed by atoms with Crippen molar-refractivity contribution < 1.29 is 4.79 Å². The van der Waals surface area contributed by atoms with Crippen LogP contribution in [0.1, 0.15) is 31.7 Å². The van der Waals surface area contributed by atoms with Gasteiger partial charge in [-0.05, 0) is 49.8 Å². The van der Waals surface area contributed by atoms with Crippen LogP contribution in [0.25, 0.3) is 11.3 Å². The molecular weight excluding hydrogens is 336 g/mol. The van der Waals surface area contributed by atoms with E-state index in [2.05, 4.69) is 22.2 Å². The van der Waals surface area contributed by atoms with E-state index in [4.69, 9.17) is 11.6 Å². The largest absolute Gasteiger partial charge is 0.322 e. The van der Waals surface area contributed by atoms with Crippen molar-refractivity contribution in [1.29, 1.82) is 0 Å². The van der Waals surface area contributed by atoms with E-state index in [9.17, 15) is 4.79 Å². The molecule has 3 heterocycles. The average molecular weight is 357 g/mol. The highest BCUT2D eigenvalue weighted by Gasteiger charge is 2.46. The Hall–Kier alpha value is -2.14. The molecule has 2 bridgehead atoms. The number of piperidine rings is 1. The van der Waals surface area contributed by atoms with E-state index >= 15 is 0 Å².